The second kappa shape index (κ2) is 8.89. The van der Waals surface area contributed by atoms with E-state index in [-0.39, 0.29) is 47.9 Å². The molecule has 184 valence electrons. The van der Waals surface area contributed by atoms with Gasteiger partial charge in [-0.1, -0.05) is 37.3 Å². The number of hydrogen-bond acceptors (Lipinski definition) is 6. The number of methoxy groups -OCH3 is 2. The third kappa shape index (κ3) is 3.29. The minimum Gasteiger partial charge on any atom is -0.378 e. The Kier molecular flexibility index (Phi) is 6.38. The van der Waals surface area contributed by atoms with Crippen molar-refractivity contribution in [2.45, 2.75) is 70.6 Å². The maximum atomic E-state index is 6.94. The lowest BCUT2D eigenvalue weighted by molar-refractivity contribution is -0.287. The highest BCUT2D eigenvalue weighted by Crippen LogP contribution is 2.74. The van der Waals surface area contributed by atoms with Gasteiger partial charge in [-0.2, -0.15) is 0 Å². The van der Waals surface area contributed by atoms with Crippen LogP contribution in [0.3, 0.4) is 0 Å². The van der Waals surface area contributed by atoms with Crippen LogP contribution in [-0.4, -0.2) is 57.3 Å². The van der Waals surface area contributed by atoms with Gasteiger partial charge in [0, 0.05) is 51.6 Å². The minimum absolute atomic E-state index is 0.0200. The molecule has 4 aliphatic rings. The summed E-state index contributed by atoms with van der Waals surface area (Å²) in [6.45, 7) is 10.5. The summed E-state index contributed by atoms with van der Waals surface area (Å²) in [6, 6.07) is 10.4. The SMILES string of the molecule is CCOC(C)[C@H]1[C@@H](C)[C@H](OCc2ccccc2)[C@@H]2[C@@H]3[C@H]1O[C@]1(OCC)C[C@H]2C(OC)(OC)[C@H]31. The van der Waals surface area contributed by atoms with E-state index >= 15 is 0 Å². The summed E-state index contributed by atoms with van der Waals surface area (Å²) in [7, 11) is 3.54. The fourth-order valence-corrected chi connectivity index (χ4v) is 8.23. The second-order valence-corrected chi connectivity index (χ2v) is 10.3. The van der Waals surface area contributed by atoms with Crippen LogP contribution in [0.4, 0.5) is 0 Å². The molecule has 6 nitrogen and oxygen atoms in total. The van der Waals surface area contributed by atoms with Crippen LogP contribution in [0.1, 0.15) is 39.7 Å². The normalized spacial score (nSPS) is 43.2. The van der Waals surface area contributed by atoms with Gasteiger partial charge in [-0.15, -0.1) is 0 Å². The molecular formula is C27H40O6. The summed E-state index contributed by atoms with van der Waals surface area (Å²) in [5.74, 6) is -0.172. The summed E-state index contributed by atoms with van der Waals surface area (Å²) in [5, 5.41) is 0. The van der Waals surface area contributed by atoms with Gasteiger partial charge in [0.2, 0.25) is 0 Å². The van der Waals surface area contributed by atoms with E-state index in [1.165, 1.54) is 5.56 Å². The smallest absolute Gasteiger partial charge is 0.179 e. The average molecular weight is 461 g/mol. The van der Waals surface area contributed by atoms with E-state index in [0.717, 1.165) is 6.42 Å². The lowest BCUT2D eigenvalue weighted by atomic mass is 9.60. The molecule has 0 N–H and O–H groups in total. The van der Waals surface area contributed by atoms with Gasteiger partial charge in [-0.05, 0) is 38.2 Å². The average Bonchev–Trinajstić information content (AvgIpc) is 3.35. The van der Waals surface area contributed by atoms with E-state index in [9.17, 15) is 0 Å². The molecule has 1 aromatic rings. The van der Waals surface area contributed by atoms with Crippen molar-refractivity contribution in [3.8, 4) is 0 Å². The Morgan fingerprint density at radius 1 is 1.06 bits per heavy atom. The highest BCUT2D eigenvalue weighted by atomic mass is 16.7. The fourth-order valence-electron chi connectivity index (χ4n) is 8.23. The quantitative estimate of drug-likeness (QED) is 0.486. The van der Waals surface area contributed by atoms with E-state index in [4.69, 9.17) is 28.4 Å². The molecule has 10 atom stereocenters. The van der Waals surface area contributed by atoms with Gasteiger partial charge >= 0.3 is 0 Å². The Labute approximate surface area is 198 Å². The molecule has 6 heteroatoms. The van der Waals surface area contributed by atoms with Crippen LogP contribution in [0.25, 0.3) is 0 Å². The van der Waals surface area contributed by atoms with Gasteiger partial charge < -0.3 is 28.4 Å². The van der Waals surface area contributed by atoms with Gasteiger partial charge in [-0.3, -0.25) is 0 Å². The first kappa shape index (κ1) is 23.7. The van der Waals surface area contributed by atoms with Gasteiger partial charge in [0.25, 0.3) is 0 Å². The molecule has 3 saturated carbocycles. The molecule has 3 aliphatic carbocycles. The van der Waals surface area contributed by atoms with Gasteiger partial charge in [-0.25, -0.2) is 0 Å². The van der Waals surface area contributed by atoms with Crippen molar-refractivity contribution >= 4 is 0 Å². The standard InChI is InChI=1S/C27H40O6/c1-7-30-17(4)20-16(3)23(31-15-18-12-10-9-11-13-18)21-19-14-26(32-8-2)25(22(21)24(20)33-26)27(19,28-5)29-6/h9-13,16-17,19-25H,7-8,14-15H2,1-6H3/t16-,17?,19-,20-,21+,22-,23+,24+,25-,26-/m1/s1. The van der Waals surface area contributed by atoms with Crippen molar-refractivity contribution in [1.29, 1.82) is 0 Å². The molecule has 0 aromatic heterocycles. The molecule has 0 amide bonds. The molecular weight excluding hydrogens is 420 g/mol. The molecule has 0 radical (unpaired) electrons. The zero-order chi connectivity index (χ0) is 23.4. The number of benzene rings is 1. The zero-order valence-corrected chi connectivity index (χ0v) is 20.9. The Bertz CT molecular complexity index is 812. The first-order valence-electron chi connectivity index (χ1n) is 12.7. The summed E-state index contributed by atoms with van der Waals surface area (Å²) >= 11 is 0. The molecule has 4 fully saturated rings. The lowest BCUT2D eigenvalue weighted by Crippen LogP contribution is -2.55. The number of hydrogen-bond donors (Lipinski definition) is 0. The van der Waals surface area contributed by atoms with Crippen LogP contribution >= 0.6 is 0 Å². The summed E-state index contributed by atoms with van der Waals surface area (Å²) < 4.78 is 38.7. The van der Waals surface area contributed by atoms with Crippen LogP contribution in [0.15, 0.2) is 30.3 Å². The molecule has 1 saturated heterocycles. The summed E-state index contributed by atoms with van der Waals surface area (Å²) in [6.07, 6.45) is 0.948. The molecule has 1 aromatic carbocycles. The Morgan fingerprint density at radius 2 is 1.79 bits per heavy atom. The van der Waals surface area contributed by atoms with Crippen molar-refractivity contribution in [1.82, 2.24) is 0 Å². The van der Waals surface area contributed by atoms with E-state index in [1.807, 2.05) is 13.0 Å². The van der Waals surface area contributed by atoms with Crippen molar-refractivity contribution in [3.05, 3.63) is 35.9 Å². The van der Waals surface area contributed by atoms with Crippen molar-refractivity contribution < 1.29 is 28.4 Å². The molecule has 1 unspecified atom stereocenters. The zero-order valence-electron chi connectivity index (χ0n) is 20.9. The van der Waals surface area contributed by atoms with Crippen molar-refractivity contribution in [3.63, 3.8) is 0 Å². The third-order valence-electron chi connectivity index (χ3n) is 9.11. The minimum atomic E-state index is -0.711. The van der Waals surface area contributed by atoms with Gasteiger partial charge in [0.15, 0.2) is 11.6 Å². The van der Waals surface area contributed by atoms with Gasteiger partial charge in [0.05, 0.1) is 30.8 Å². The molecule has 0 spiro atoms. The monoisotopic (exact) mass is 460 g/mol. The molecule has 1 aliphatic heterocycles. The van der Waals surface area contributed by atoms with E-state index < -0.39 is 11.6 Å². The topological polar surface area (TPSA) is 55.4 Å². The van der Waals surface area contributed by atoms with Crippen molar-refractivity contribution in [2.24, 2.45) is 35.5 Å². The predicted octanol–water partition coefficient (Wildman–Crippen LogP) is 4.27. The first-order chi connectivity index (χ1) is 16.0. The Morgan fingerprint density at radius 3 is 2.42 bits per heavy atom. The van der Waals surface area contributed by atoms with E-state index in [1.54, 1.807) is 14.2 Å². The van der Waals surface area contributed by atoms with Crippen LogP contribution in [-0.2, 0) is 35.0 Å². The number of fused-ring (bicyclic) bond motifs is 2. The highest BCUT2D eigenvalue weighted by Gasteiger charge is 2.84. The third-order valence-corrected chi connectivity index (χ3v) is 9.11. The van der Waals surface area contributed by atoms with Crippen LogP contribution in [0, 0.1) is 35.5 Å². The summed E-state index contributed by atoms with van der Waals surface area (Å²) in [5.41, 5.74) is 1.19. The maximum Gasteiger partial charge on any atom is 0.179 e. The molecule has 2 bridgehead atoms. The second-order valence-electron chi connectivity index (χ2n) is 10.3. The van der Waals surface area contributed by atoms with E-state index in [0.29, 0.717) is 25.7 Å². The predicted molar refractivity (Wildman–Crippen MR) is 123 cm³/mol. The number of ether oxygens (including phenoxy) is 6. The van der Waals surface area contributed by atoms with Crippen LogP contribution in [0.5, 0.6) is 0 Å². The first-order valence-corrected chi connectivity index (χ1v) is 12.7. The molecule has 1 heterocycles. The fraction of sp³-hybridized carbons (Fsp3) is 0.778. The molecule has 33 heavy (non-hydrogen) atoms. The van der Waals surface area contributed by atoms with Crippen LogP contribution < -0.4 is 0 Å². The van der Waals surface area contributed by atoms with E-state index in [2.05, 4.69) is 45.0 Å². The van der Waals surface area contributed by atoms with Crippen LogP contribution in [0.2, 0.25) is 0 Å². The largest absolute Gasteiger partial charge is 0.378 e. The van der Waals surface area contributed by atoms with Crippen molar-refractivity contribution in [2.75, 3.05) is 27.4 Å². The number of rotatable bonds is 10. The molecule has 5 rings (SSSR count). The van der Waals surface area contributed by atoms with Gasteiger partial charge in [0.1, 0.15) is 0 Å². The Hall–Kier alpha value is -1.02. The summed E-state index contributed by atoms with van der Waals surface area (Å²) in [4.78, 5) is 0. The maximum absolute atomic E-state index is 6.94. The highest BCUT2D eigenvalue weighted by molar-refractivity contribution is 5.25. The Balaban J connectivity index is 1.55. The lowest BCUT2D eigenvalue weighted by Gasteiger charge is -2.49.